The van der Waals surface area contributed by atoms with E-state index in [4.69, 9.17) is 0 Å². The van der Waals surface area contributed by atoms with E-state index in [0.717, 1.165) is 6.54 Å². The van der Waals surface area contributed by atoms with E-state index in [-0.39, 0.29) is 0 Å². The maximum atomic E-state index is 4.25. The largest absolute Gasteiger partial charge is 0.268 e. The number of nitrogens with zero attached hydrogens (tertiary/aromatic N) is 2. The third kappa shape index (κ3) is 2.35. The molecule has 0 saturated carbocycles. The predicted molar refractivity (Wildman–Crippen MR) is 65.2 cm³/mol. The lowest BCUT2D eigenvalue weighted by molar-refractivity contribution is 0.686. The first-order valence-corrected chi connectivity index (χ1v) is 5.55. The molecule has 0 radical (unpaired) electrons. The van der Waals surface area contributed by atoms with Crippen molar-refractivity contribution in [3.05, 3.63) is 51.4 Å². The minimum atomic E-state index is 0.852. The Morgan fingerprint density at radius 3 is 2.57 bits per heavy atom. The molecule has 0 amide bonds. The van der Waals surface area contributed by atoms with Crippen molar-refractivity contribution >= 4 is 22.6 Å². The molecule has 0 bridgehead atoms. The van der Waals surface area contributed by atoms with Gasteiger partial charge >= 0.3 is 0 Å². The number of rotatable bonds is 2. The Morgan fingerprint density at radius 1 is 1.29 bits per heavy atom. The van der Waals surface area contributed by atoms with Crippen LogP contribution in [0.25, 0.3) is 0 Å². The maximum Gasteiger partial charge on any atom is 0.0659 e. The quantitative estimate of drug-likeness (QED) is 0.780. The van der Waals surface area contributed by atoms with Crippen LogP contribution in [0.5, 0.6) is 0 Å². The zero-order valence-corrected chi connectivity index (χ0v) is 10.1. The third-order valence-corrected chi connectivity index (χ3v) is 2.74. The summed E-state index contributed by atoms with van der Waals surface area (Å²) in [5.41, 5.74) is 2.49. The van der Waals surface area contributed by atoms with Crippen molar-refractivity contribution in [1.29, 1.82) is 0 Å². The molecule has 2 rings (SSSR count). The summed E-state index contributed by atoms with van der Waals surface area (Å²) < 4.78 is 3.22. The molecule has 0 N–H and O–H groups in total. The lowest BCUT2D eigenvalue weighted by atomic mass is 10.2. The summed E-state index contributed by atoms with van der Waals surface area (Å²) in [6.07, 6.45) is 3.94. The first kappa shape index (κ1) is 9.71. The van der Waals surface area contributed by atoms with Gasteiger partial charge in [-0.2, -0.15) is 5.10 Å². The third-order valence-electron chi connectivity index (χ3n) is 2.02. The molecular weight excluding hydrogens is 287 g/mol. The van der Waals surface area contributed by atoms with Gasteiger partial charge in [-0.25, -0.2) is 0 Å². The summed E-state index contributed by atoms with van der Waals surface area (Å²) in [6, 6.07) is 8.51. The van der Waals surface area contributed by atoms with Crippen LogP contribution in [0.15, 0.2) is 36.7 Å². The summed E-state index contributed by atoms with van der Waals surface area (Å²) in [6.45, 7) is 2.90. The number of halogens is 1. The van der Waals surface area contributed by atoms with Gasteiger partial charge in [0.15, 0.2) is 0 Å². The molecule has 1 aromatic heterocycles. The zero-order chi connectivity index (χ0) is 9.97. The van der Waals surface area contributed by atoms with Crippen LogP contribution in [0, 0.1) is 10.5 Å². The number of benzene rings is 1. The second-order valence-corrected chi connectivity index (χ2v) is 4.59. The Morgan fingerprint density at radius 2 is 2.00 bits per heavy atom. The molecule has 0 aliphatic rings. The van der Waals surface area contributed by atoms with E-state index in [9.17, 15) is 0 Å². The van der Waals surface area contributed by atoms with E-state index in [0.29, 0.717) is 0 Å². The molecule has 72 valence electrons. The van der Waals surface area contributed by atoms with Crippen LogP contribution in [0.2, 0.25) is 0 Å². The average Bonchev–Trinajstić information content (AvgIpc) is 2.56. The lowest BCUT2D eigenvalue weighted by Crippen LogP contribution is -1.99. The molecule has 2 nitrogen and oxygen atoms in total. The molecule has 1 aromatic carbocycles. The van der Waals surface area contributed by atoms with Crippen LogP contribution in [0.4, 0.5) is 0 Å². The fraction of sp³-hybridized carbons (Fsp3) is 0.182. The van der Waals surface area contributed by atoms with E-state index < -0.39 is 0 Å². The van der Waals surface area contributed by atoms with Gasteiger partial charge in [0.2, 0.25) is 0 Å². The number of hydrogen-bond donors (Lipinski definition) is 0. The van der Waals surface area contributed by atoms with Crippen molar-refractivity contribution < 1.29 is 0 Å². The van der Waals surface area contributed by atoms with Gasteiger partial charge in [0, 0.05) is 9.77 Å². The molecule has 0 spiro atoms. The standard InChI is InChI=1S/C11H11IN2/c1-9-6-13-14(7-9)8-10-2-4-11(12)5-3-10/h2-7H,8H2,1H3. The van der Waals surface area contributed by atoms with Crippen LogP contribution in [0.1, 0.15) is 11.1 Å². The van der Waals surface area contributed by atoms with E-state index in [1.807, 2.05) is 10.9 Å². The van der Waals surface area contributed by atoms with Crippen molar-refractivity contribution in [3.63, 3.8) is 0 Å². The summed E-state index contributed by atoms with van der Waals surface area (Å²) >= 11 is 2.31. The fourth-order valence-electron chi connectivity index (χ4n) is 1.33. The highest BCUT2D eigenvalue weighted by Crippen LogP contribution is 2.08. The SMILES string of the molecule is Cc1cnn(Cc2ccc(I)cc2)c1. The molecule has 0 fully saturated rings. The molecule has 0 atom stereocenters. The van der Waals surface area contributed by atoms with Crippen molar-refractivity contribution in [2.24, 2.45) is 0 Å². The van der Waals surface area contributed by atoms with Gasteiger partial charge in [-0.3, -0.25) is 4.68 Å². The molecule has 3 heteroatoms. The first-order chi connectivity index (χ1) is 6.74. The van der Waals surface area contributed by atoms with Crippen LogP contribution < -0.4 is 0 Å². The molecule has 14 heavy (non-hydrogen) atoms. The highest BCUT2D eigenvalue weighted by Gasteiger charge is 1.96. The fourth-order valence-corrected chi connectivity index (χ4v) is 1.69. The molecule has 1 heterocycles. The van der Waals surface area contributed by atoms with Gasteiger partial charge in [-0.15, -0.1) is 0 Å². The Bertz CT molecular complexity index is 417. The molecule has 0 aliphatic heterocycles. The van der Waals surface area contributed by atoms with Crippen LogP contribution in [-0.4, -0.2) is 9.78 Å². The summed E-state index contributed by atoms with van der Waals surface area (Å²) in [5, 5.41) is 4.25. The Kier molecular flexibility index (Phi) is 2.86. The second-order valence-electron chi connectivity index (χ2n) is 3.34. The van der Waals surface area contributed by atoms with Gasteiger partial charge in [-0.1, -0.05) is 12.1 Å². The summed E-state index contributed by atoms with van der Waals surface area (Å²) in [4.78, 5) is 0. The molecule has 2 aromatic rings. The van der Waals surface area contributed by atoms with Crippen molar-refractivity contribution in [1.82, 2.24) is 9.78 Å². The molecule has 0 aliphatic carbocycles. The van der Waals surface area contributed by atoms with E-state index in [1.165, 1.54) is 14.7 Å². The smallest absolute Gasteiger partial charge is 0.0659 e. The molecular formula is C11H11IN2. The molecule has 0 unspecified atom stereocenters. The van der Waals surface area contributed by atoms with Crippen molar-refractivity contribution in [3.8, 4) is 0 Å². The summed E-state index contributed by atoms with van der Waals surface area (Å²) in [7, 11) is 0. The van der Waals surface area contributed by atoms with Gasteiger partial charge in [0.1, 0.15) is 0 Å². The number of aryl methyl sites for hydroxylation is 1. The Balaban J connectivity index is 2.15. The monoisotopic (exact) mass is 298 g/mol. The number of aromatic nitrogens is 2. The highest BCUT2D eigenvalue weighted by atomic mass is 127. The minimum absolute atomic E-state index is 0.852. The maximum absolute atomic E-state index is 4.25. The van der Waals surface area contributed by atoms with Crippen LogP contribution in [-0.2, 0) is 6.54 Å². The predicted octanol–water partition coefficient (Wildman–Crippen LogP) is 2.84. The first-order valence-electron chi connectivity index (χ1n) is 4.47. The molecule has 0 saturated heterocycles. The van der Waals surface area contributed by atoms with Crippen LogP contribution in [0.3, 0.4) is 0 Å². The zero-order valence-electron chi connectivity index (χ0n) is 7.94. The van der Waals surface area contributed by atoms with Gasteiger partial charge < -0.3 is 0 Å². The van der Waals surface area contributed by atoms with Crippen molar-refractivity contribution in [2.75, 3.05) is 0 Å². The van der Waals surface area contributed by atoms with Gasteiger partial charge in [-0.05, 0) is 52.8 Å². The Hall–Kier alpha value is -0.840. The van der Waals surface area contributed by atoms with E-state index in [1.54, 1.807) is 0 Å². The van der Waals surface area contributed by atoms with E-state index in [2.05, 4.69) is 65.1 Å². The van der Waals surface area contributed by atoms with Gasteiger partial charge in [0.05, 0.1) is 12.7 Å². The summed E-state index contributed by atoms with van der Waals surface area (Å²) in [5.74, 6) is 0. The van der Waals surface area contributed by atoms with E-state index >= 15 is 0 Å². The van der Waals surface area contributed by atoms with Crippen molar-refractivity contribution in [2.45, 2.75) is 13.5 Å². The number of hydrogen-bond acceptors (Lipinski definition) is 1. The Labute approximate surface area is 97.1 Å². The minimum Gasteiger partial charge on any atom is -0.268 e. The second kappa shape index (κ2) is 4.13. The normalized spacial score (nSPS) is 10.4. The average molecular weight is 298 g/mol. The van der Waals surface area contributed by atoms with Crippen LogP contribution >= 0.6 is 22.6 Å². The highest BCUT2D eigenvalue weighted by molar-refractivity contribution is 14.1. The van der Waals surface area contributed by atoms with Gasteiger partial charge in [0.25, 0.3) is 0 Å². The lowest BCUT2D eigenvalue weighted by Gasteiger charge is -2.01. The topological polar surface area (TPSA) is 17.8 Å².